The molecule has 0 radical (unpaired) electrons. The van der Waals surface area contributed by atoms with Gasteiger partial charge in [0.2, 0.25) is 0 Å². The largest absolute Gasteiger partial charge is 0.481 e. The van der Waals surface area contributed by atoms with Gasteiger partial charge >= 0.3 is 17.9 Å². The number of carboxylic acid groups (broad SMARTS) is 2. The smallest absolute Gasteiger partial charge is 0.333 e. The molecular formula is C14H18O6. The van der Waals surface area contributed by atoms with E-state index in [0.717, 1.165) is 0 Å². The van der Waals surface area contributed by atoms with Gasteiger partial charge in [-0.1, -0.05) is 38.0 Å². The highest BCUT2D eigenvalue weighted by molar-refractivity contribution is 5.91. The van der Waals surface area contributed by atoms with Gasteiger partial charge in [-0.3, -0.25) is 4.79 Å². The predicted molar refractivity (Wildman–Crippen MR) is 74.1 cm³/mol. The molecule has 20 heavy (non-hydrogen) atoms. The normalized spacial score (nSPS) is 9.05. The van der Waals surface area contributed by atoms with Gasteiger partial charge in [0, 0.05) is 11.1 Å². The summed E-state index contributed by atoms with van der Waals surface area (Å²) in [6.45, 7) is 10.0. The summed E-state index contributed by atoms with van der Waals surface area (Å²) in [4.78, 5) is 30.4. The number of esters is 1. The molecule has 0 aromatic carbocycles. The first kappa shape index (κ1) is 19.7. The van der Waals surface area contributed by atoms with E-state index in [9.17, 15) is 14.4 Å². The molecule has 0 aliphatic heterocycles. The fourth-order valence-corrected chi connectivity index (χ4v) is 0.792. The third kappa shape index (κ3) is 11.8. The van der Waals surface area contributed by atoms with E-state index in [2.05, 4.69) is 24.5 Å². The summed E-state index contributed by atoms with van der Waals surface area (Å²) in [5.41, 5.74) is 0.146. The van der Waals surface area contributed by atoms with Gasteiger partial charge in [-0.15, -0.1) is 0 Å². The number of hydrogen-bond donors (Lipinski definition) is 2. The molecule has 0 spiro atoms. The third-order valence-corrected chi connectivity index (χ3v) is 1.78. The van der Waals surface area contributed by atoms with E-state index in [1.807, 2.05) is 0 Å². The third-order valence-electron chi connectivity index (χ3n) is 1.78. The fourth-order valence-electron chi connectivity index (χ4n) is 0.792. The van der Waals surface area contributed by atoms with E-state index in [1.165, 1.54) is 7.11 Å². The minimum absolute atomic E-state index is 0.303. The minimum atomic E-state index is -1.27. The summed E-state index contributed by atoms with van der Waals surface area (Å²) in [5, 5.41) is 16.1. The molecule has 0 unspecified atom stereocenters. The van der Waals surface area contributed by atoms with Gasteiger partial charge in [0.05, 0.1) is 13.5 Å². The predicted octanol–water partition coefficient (Wildman–Crippen LogP) is 1.95. The summed E-state index contributed by atoms with van der Waals surface area (Å²) in [5.74, 6) is -2.81. The lowest BCUT2D eigenvalue weighted by Crippen LogP contribution is -2.04. The maximum Gasteiger partial charge on any atom is 0.333 e. The Morgan fingerprint density at radius 3 is 2.00 bits per heavy atom. The maximum absolute atomic E-state index is 10.7. The zero-order valence-electron chi connectivity index (χ0n) is 11.3. The topological polar surface area (TPSA) is 101 Å². The Morgan fingerprint density at radius 1 is 1.15 bits per heavy atom. The van der Waals surface area contributed by atoms with Crippen molar-refractivity contribution in [2.45, 2.75) is 12.8 Å². The molecule has 0 aromatic heterocycles. The van der Waals surface area contributed by atoms with Crippen molar-refractivity contribution in [2.24, 2.45) is 0 Å². The van der Waals surface area contributed by atoms with Crippen LogP contribution in [-0.2, 0) is 19.1 Å². The SMILES string of the molecule is C=C(CC(=O)O)C(=O)O.C=CC=CCC(=C)C(=O)OC. The summed E-state index contributed by atoms with van der Waals surface area (Å²) in [6, 6.07) is 0. The van der Waals surface area contributed by atoms with Gasteiger partial charge in [0.25, 0.3) is 0 Å². The van der Waals surface area contributed by atoms with Crippen molar-refractivity contribution < 1.29 is 29.3 Å². The highest BCUT2D eigenvalue weighted by Crippen LogP contribution is 2.00. The van der Waals surface area contributed by atoms with Crippen molar-refractivity contribution in [3.8, 4) is 0 Å². The minimum Gasteiger partial charge on any atom is -0.481 e. The van der Waals surface area contributed by atoms with Crippen LogP contribution < -0.4 is 0 Å². The van der Waals surface area contributed by atoms with Crippen LogP contribution in [0.1, 0.15) is 12.8 Å². The second-order valence-corrected chi connectivity index (χ2v) is 3.44. The maximum atomic E-state index is 10.7. The van der Waals surface area contributed by atoms with Crippen LogP contribution in [0.15, 0.2) is 49.1 Å². The second-order valence-electron chi connectivity index (χ2n) is 3.44. The number of methoxy groups -OCH3 is 1. The molecule has 0 saturated carbocycles. The van der Waals surface area contributed by atoms with E-state index in [1.54, 1.807) is 18.2 Å². The van der Waals surface area contributed by atoms with Crippen molar-refractivity contribution >= 4 is 17.9 Å². The first-order valence-electron chi connectivity index (χ1n) is 5.42. The average Bonchev–Trinajstić information content (AvgIpc) is 2.37. The van der Waals surface area contributed by atoms with Crippen LogP contribution in [0.25, 0.3) is 0 Å². The second kappa shape index (κ2) is 11.5. The number of carbonyl (C=O) groups is 3. The van der Waals surface area contributed by atoms with Crippen LogP contribution in [0, 0.1) is 0 Å². The molecule has 2 N–H and O–H groups in total. The Kier molecular flexibility index (Phi) is 11.3. The lowest BCUT2D eigenvalue weighted by molar-refractivity contribution is -0.139. The van der Waals surface area contributed by atoms with Crippen molar-refractivity contribution in [3.05, 3.63) is 49.1 Å². The summed E-state index contributed by atoms with van der Waals surface area (Å²) < 4.78 is 4.44. The van der Waals surface area contributed by atoms with E-state index in [0.29, 0.717) is 12.0 Å². The molecule has 0 fully saturated rings. The molecule has 0 aliphatic carbocycles. The first-order valence-corrected chi connectivity index (χ1v) is 5.42. The van der Waals surface area contributed by atoms with Gasteiger partial charge < -0.3 is 14.9 Å². The molecule has 0 aliphatic rings. The van der Waals surface area contributed by atoms with Crippen molar-refractivity contribution in [3.63, 3.8) is 0 Å². The van der Waals surface area contributed by atoms with Gasteiger partial charge in [-0.05, 0) is 6.42 Å². The number of carboxylic acids is 2. The van der Waals surface area contributed by atoms with E-state index >= 15 is 0 Å². The summed E-state index contributed by atoms with van der Waals surface area (Å²) >= 11 is 0. The molecule has 6 nitrogen and oxygen atoms in total. The van der Waals surface area contributed by atoms with Gasteiger partial charge in [0.15, 0.2) is 0 Å². The van der Waals surface area contributed by atoms with Gasteiger partial charge in [-0.25, -0.2) is 9.59 Å². The van der Waals surface area contributed by atoms with E-state index in [-0.39, 0.29) is 11.5 Å². The molecule has 0 rings (SSSR count). The van der Waals surface area contributed by atoms with E-state index < -0.39 is 18.4 Å². The van der Waals surface area contributed by atoms with Crippen molar-refractivity contribution in [1.82, 2.24) is 0 Å². The molecule has 6 heteroatoms. The number of carbonyl (C=O) groups excluding carboxylic acids is 1. The highest BCUT2D eigenvalue weighted by Gasteiger charge is 2.07. The molecule has 0 aromatic rings. The molecule has 0 saturated heterocycles. The zero-order chi connectivity index (χ0) is 16.1. The summed E-state index contributed by atoms with van der Waals surface area (Å²) in [7, 11) is 1.34. The lowest BCUT2D eigenvalue weighted by atomic mass is 10.2. The zero-order valence-corrected chi connectivity index (χ0v) is 11.3. The standard InChI is InChI=1S/C9H12O2.C5H6O4/c1-4-5-6-7-8(2)9(10)11-3;1-3(5(8)9)2-4(6)7/h4-6H,1-2,7H2,3H3;1-2H2,(H,6,7)(H,8,9). The van der Waals surface area contributed by atoms with Gasteiger partial charge in [-0.2, -0.15) is 0 Å². The van der Waals surface area contributed by atoms with Crippen LogP contribution in [0.5, 0.6) is 0 Å². The lowest BCUT2D eigenvalue weighted by Gasteiger charge is -1.97. The van der Waals surface area contributed by atoms with Crippen molar-refractivity contribution in [1.29, 1.82) is 0 Å². The van der Waals surface area contributed by atoms with Crippen LogP contribution >= 0.6 is 0 Å². The van der Waals surface area contributed by atoms with E-state index in [4.69, 9.17) is 10.2 Å². The number of rotatable bonds is 7. The Labute approximate surface area is 117 Å². The summed E-state index contributed by atoms with van der Waals surface area (Å²) in [6.07, 6.45) is 5.21. The molecule has 0 bridgehead atoms. The quantitative estimate of drug-likeness (QED) is 0.420. The van der Waals surface area contributed by atoms with Crippen LogP contribution in [0.4, 0.5) is 0 Å². The number of aliphatic carboxylic acids is 2. The monoisotopic (exact) mass is 282 g/mol. The fraction of sp³-hybridized carbons (Fsp3) is 0.214. The van der Waals surface area contributed by atoms with Crippen LogP contribution in [-0.4, -0.2) is 35.2 Å². The number of hydrogen-bond acceptors (Lipinski definition) is 4. The molecule has 0 amide bonds. The highest BCUT2D eigenvalue weighted by atomic mass is 16.5. The Hall–Kier alpha value is -2.63. The Balaban J connectivity index is 0. The van der Waals surface area contributed by atoms with Crippen LogP contribution in [0.2, 0.25) is 0 Å². The Morgan fingerprint density at radius 2 is 1.70 bits per heavy atom. The average molecular weight is 282 g/mol. The number of ether oxygens (including phenoxy) is 1. The molecular weight excluding hydrogens is 264 g/mol. The van der Waals surface area contributed by atoms with Crippen LogP contribution in [0.3, 0.4) is 0 Å². The first-order chi connectivity index (χ1) is 9.26. The molecule has 0 heterocycles. The number of allylic oxidation sites excluding steroid dienone is 3. The molecule has 0 atom stereocenters. The Bertz CT molecular complexity index is 431. The molecule has 110 valence electrons. The van der Waals surface area contributed by atoms with Gasteiger partial charge in [0.1, 0.15) is 0 Å². The van der Waals surface area contributed by atoms with Crippen molar-refractivity contribution in [2.75, 3.05) is 7.11 Å².